The van der Waals surface area contributed by atoms with Crippen LogP contribution in [0.3, 0.4) is 0 Å². The Hall–Kier alpha value is -1.78. The van der Waals surface area contributed by atoms with Crippen LogP contribution in [0.5, 0.6) is 0 Å². The van der Waals surface area contributed by atoms with E-state index in [9.17, 15) is 13.2 Å². The van der Waals surface area contributed by atoms with Crippen molar-refractivity contribution in [1.82, 2.24) is 25.4 Å². The topological polar surface area (TPSA) is 117 Å². The Bertz CT molecular complexity index is 767. The first kappa shape index (κ1) is 15.6. The van der Waals surface area contributed by atoms with E-state index >= 15 is 0 Å². The van der Waals surface area contributed by atoms with Crippen molar-refractivity contribution in [1.29, 1.82) is 0 Å². The van der Waals surface area contributed by atoms with E-state index in [0.29, 0.717) is 15.9 Å². The molecule has 2 rings (SSSR count). The first-order valence-corrected chi connectivity index (χ1v) is 8.03. The molecule has 0 aliphatic carbocycles. The third-order valence-corrected chi connectivity index (χ3v) is 4.54. The summed E-state index contributed by atoms with van der Waals surface area (Å²) in [6, 6.07) is 1.52. The van der Waals surface area contributed by atoms with Gasteiger partial charge in [-0.2, -0.15) is 5.10 Å². The minimum absolute atomic E-state index is 0.00941. The number of carbonyl (C=O) groups excluding carboxylic acids is 1. The van der Waals surface area contributed by atoms with Crippen LogP contribution in [0.1, 0.15) is 21.7 Å². The SMILES string of the molecule is Cc1n[nH]c(C)c1S(=O)(=O)NNC(=O)c1cncc(Br)c1. The highest BCUT2D eigenvalue weighted by atomic mass is 79.9. The molecule has 0 fully saturated rings. The van der Waals surface area contributed by atoms with E-state index in [1.54, 1.807) is 13.8 Å². The summed E-state index contributed by atoms with van der Waals surface area (Å²) in [5.74, 6) is -0.619. The molecule has 0 bridgehead atoms. The zero-order chi connectivity index (χ0) is 15.6. The second-order valence-electron chi connectivity index (χ2n) is 4.21. The van der Waals surface area contributed by atoms with Crippen LogP contribution in [0.2, 0.25) is 0 Å². The van der Waals surface area contributed by atoms with Gasteiger partial charge in [0, 0.05) is 16.9 Å². The number of halogens is 1. The molecule has 1 amide bonds. The Morgan fingerprint density at radius 2 is 2.05 bits per heavy atom. The number of rotatable bonds is 4. The van der Waals surface area contributed by atoms with Gasteiger partial charge >= 0.3 is 0 Å². The maximum absolute atomic E-state index is 12.1. The lowest BCUT2D eigenvalue weighted by Crippen LogP contribution is -2.41. The lowest BCUT2D eigenvalue weighted by atomic mass is 10.3. The number of nitrogens with zero attached hydrogens (tertiary/aromatic N) is 2. The number of carbonyl (C=O) groups is 1. The van der Waals surface area contributed by atoms with E-state index in [4.69, 9.17) is 0 Å². The van der Waals surface area contributed by atoms with Crippen molar-refractivity contribution in [2.24, 2.45) is 0 Å². The van der Waals surface area contributed by atoms with Gasteiger partial charge in [0.1, 0.15) is 4.90 Å². The monoisotopic (exact) mass is 373 g/mol. The largest absolute Gasteiger partial charge is 0.281 e. The van der Waals surface area contributed by atoms with Gasteiger partial charge in [-0.3, -0.25) is 20.3 Å². The molecular weight excluding hydrogens is 362 g/mol. The third kappa shape index (κ3) is 3.46. The Labute approximate surface area is 129 Å². The van der Waals surface area contributed by atoms with Crippen LogP contribution in [0.4, 0.5) is 0 Å². The summed E-state index contributed by atoms with van der Waals surface area (Å²) in [4.78, 5) is 17.7. The highest BCUT2D eigenvalue weighted by Crippen LogP contribution is 2.15. The third-order valence-electron chi connectivity index (χ3n) is 2.60. The van der Waals surface area contributed by atoms with E-state index in [0.717, 1.165) is 0 Å². The quantitative estimate of drug-likeness (QED) is 0.685. The normalized spacial score (nSPS) is 11.4. The van der Waals surface area contributed by atoms with E-state index in [2.05, 4.69) is 36.5 Å². The van der Waals surface area contributed by atoms with Gasteiger partial charge in [0.15, 0.2) is 0 Å². The van der Waals surface area contributed by atoms with E-state index < -0.39 is 15.9 Å². The second kappa shape index (κ2) is 5.92. The highest BCUT2D eigenvalue weighted by molar-refractivity contribution is 9.10. The molecule has 8 nitrogen and oxygen atoms in total. The number of nitrogens with one attached hydrogen (secondary N) is 3. The predicted molar refractivity (Wildman–Crippen MR) is 77.8 cm³/mol. The van der Waals surface area contributed by atoms with E-state index in [-0.39, 0.29) is 10.5 Å². The van der Waals surface area contributed by atoms with Crippen molar-refractivity contribution in [2.45, 2.75) is 18.7 Å². The number of aromatic nitrogens is 3. The molecule has 0 unspecified atom stereocenters. The summed E-state index contributed by atoms with van der Waals surface area (Å²) >= 11 is 3.18. The van der Waals surface area contributed by atoms with Gasteiger partial charge in [-0.25, -0.2) is 8.42 Å². The number of H-pyrrole nitrogens is 1. The Morgan fingerprint density at radius 1 is 1.33 bits per heavy atom. The summed E-state index contributed by atoms with van der Waals surface area (Å²) in [7, 11) is -3.90. The maximum Gasteiger partial charge on any atom is 0.267 e. The zero-order valence-corrected chi connectivity index (χ0v) is 13.5. The van der Waals surface area contributed by atoms with Gasteiger partial charge in [0.25, 0.3) is 15.9 Å². The molecule has 21 heavy (non-hydrogen) atoms. The van der Waals surface area contributed by atoms with E-state index in [1.165, 1.54) is 18.5 Å². The molecule has 0 saturated carbocycles. The molecule has 0 saturated heterocycles. The van der Waals surface area contributed by atoms with Crippen molar-refractivity contribution in [3.8, 4) is 0 Å². The molecule has 112 valence electrons. The summed E-state index contributed by atoms with van der Waals surface area (Å²) < 4.78 is 24.9. The number of pyridine rings is 1. The smallest absolute Gasteiger partial charge is 0.267 e. The zero-order valence-electron chi connectivity index (χ0n) is 11.1. The van der Waals surface area contributed by atoms with Crippen molar-refractivity contribution in [3.63, 3.8) is 0 Å². The van der Waals surface area contributed by atoms with Gasteiger partial charge in [-0.15, -0.1) is 4.83 Å². The first-order valence-electron chi connectivity index (χ1n) is 5.75. The number of hydrogen-bond acceptors (Lipinski definition) is 5. The molecule has 2 aromatic heterocycles. The van der Waals surface area contributed by atoms with Gasteiger partial charge in [-0.1, -0.05) is 0 Å². The van der Waals surface area contributed by atoms with Crippen LogP contribution in [-0.4, -0.2) is 29.5 Å². The van der Waals surface area contributed by atoms with Crippen molar-refractivity contribution < 1.29 is 13.2 Å². The summed E-state index contributed by atoms with van der Waals surface area (Å²) in [5.41, 5.74) is 3.05. The Balaban J connectivity index is 2.14. The number of amides is 1. The highest BCUT2D eigenvalue weighted by Gasteiger charge is 2.23. The fourth-order valence-corrected chi connectivity index (χ4v) is 3.29. The van der Waals surface area contributed by atoms with Crippen molar-refractivity contribution in [3.05, 3.63) is 39.9 Å². The molecule has 2 heterocycles. The second-order valence-corrected chi connectivity index (χ2v) is 6.75. The molecule has 0 aliphatic heterocycles. The predicted octanol–water partition coefficient (Wildman–Crippen LogP) is 0.807. The van der Waals surface area contributed by atoms with Crippen LogP contribution in [0, 0.1) is 13.8 Å². The minimum Gasteiger partial charge on any atom is -0.281 e. The van der Waals surface area contributed by atoms with Crippen LogP contribution in [-0.2, 0) is 10.0 Å². The molecular formula is C11H12BrN5O3S. The average molecular weight is 374 g/mol. The number of sulfonamides is 1. The molecule has 0 aromatic carbocycles. The molecule has 0 aliphatic rings. The molecule has 10 heteroatoms. The Kier molecular flexibility index (Phi) is 4.40. The van der Waals surface area contributed by atoms with E-state index in [1.807, 2.05) is 4.83 Å². The van der Waals surface area contributed by atoms with Crippen LogP contribution < -0.4 is 10.3 Å². The Morgan fingerprint density at radius 3 is 2.62 bits per heavy atom. The van der Waals surface area contributed by atoms with Crippen LogP contribution >= 0.6 is 15.9 Å². The first-order chi connectivity index (χ1) is 9.81. The molecule has 0 spiro atoms. The van der Waals surface area contributed by atoms with Gasteiger partial charge in [0.05, 0.1) is 17.0 Å². The summed E-state index contributed by atoms with van der Waals surface area (Å²) in [6.07, 6.45) is 2.84. The van der Waals surface area contributed by atoms with Crippen molar-refractivity contribution >= 4 is 31.9 Å². The number of hydrogen-bond donors (Lipinski definition) is 3. The number of aryl methyl sites for hydroxylation is 2. The van der Waals surface area contributed by atoms with Crippen molar-refractivity contribution in [2.75, 3.05) is 0 Å². The molecule has 2 aromatic rings. The van der Waals surface area contributed by atoms with Gasteiger partial charge in [0.2, 0.25) is 0 Å². The van der Waals surface area contributed by atoms with Crippen LogP contribution in [0.25, 0.3) is 0 Å². The summed E-state index contributed by atoms with van der Waals surface area (Å²) in [6.45, 7) is 3.13. The minimum atomic E-state index is -3.90. The maximum atomic E-state index is 12.1. The fraction of sp³-hybridized carbons (Fsp3) is 0.182. The standard InChI is InChI=1S/C11H12BrN5O3S/c1-6-10(7(2)15-14-6)21(19,20)17-16-11(18)8-3-9(12)5-13-4-8/h3-5,17H,1-2H3,(H,14,15)(H,16,18). The fourth-order valence-electron chi connectivity index (χ4n) is 1.71. The number of aromatic amines is 1. The van der Waals surface area contributed by atoms with Crippen LogP contribution in [0.15, 0.2) is 27.8 Å². The average Bonchev–Trinajstić information content (AvgIpc) is 2.76. The lowest BCUT2D eigenvalue weighted by Gasteiger charge is -2.08. The van der Waals surface area contributed by atoms with Gasteiger partial charge in [-0.05, 0) is 35.8 Å². The number of hydrazine groups is 1. The lowest BCUT2D eigenvalue weighted by molar-refractivity contribution is 0.0944. The molecule has 0 atom stereocenters. The molecule has 3 N–H and O–H groups in total. The summed E-state index contributed by atoms with van der Waals surface area (Å²) in [5, 5.41) is 6.38. The van der Waals surface area contributed by atoms with Gasteiger partial charge < -0.3 is 0 Å². The molecule has 0 radical (unpaired) electrons.